The van der Waals surface area contributed by atoms with Crippen LogP contribution < -0.4 is 14.4 Å². The van der Waals surface area contributed by atoms with Crippen molar-refractivity contribution in [2.45, 2.75) is 26.3 Å². The zero-order valence-electron chi connectivity index (χ0n) is 15.8. The molecule has 0 saturated heterocycles. The Balaban J connectivity index is 2.34. The van der Waals surface area contributed by atoms with Gasteiger partial charge in [0, 0.05) is 5.69 Å². The lowest BCUT2D eigenvalue weighted by molar-refractivity contribution is -0.117. The Morgan fingerprint density at radius 3 is 2.36 bits per heavy atom. The van der Waals surface area contributed by atoms with Crippen LogP contribution in [-0.2, 0) is 14.8 Å². The van der Waals surface area contributed by atoms with Gasteiger partial charge in [-0.25, -0.2) is 12.8 Å². The van der Waals surface area contributed by atoms with Gasteiger partial charge in [0.1, 0.15) is 17.6 Å². The first kappa shape index (κ1) is 22.0. The number of amides is 1. The Kier molecular flexibility index (Phi) is 7.26. The molecule has 152 valence electrons. The smallest absolute Gasteiger partial charge is 0.248 e. The monoisotopic (exact) mass is 428 g/mol. The first-order valence-electron chi connectivity index (χ1n) is 8.65. The number of halogens is 2. The molecule has 0 aromatic heterocycles. The number of benzene rings is 2. The number of nitrogens with one attached hydrogen (secondary N) is 1. The molecule has 2 rings (SSSR count). The van der Waals surface area contributed by atoms with Crippen molar-refractivity contribution < 1.29 is 22.3 Å². The highest BCUT2D eigenvalue weighted by Crippen LogP contribution is 2.26. The van der Waals surface area contributed by atoms with Crippen molar-refractivity contribution in [2.24, 2.45) is 0 Å². The summed E-state index contributed by atoms with van der Waals surface area (Å²) in [5.41, 5.74) is 0.611. The molecule has 2 aromatic rings. The molecule has 0 aliphatic heterocycles. The van der Waals surface area contributed by atoms with Crippen LogP contribution >= 0.6 is 11.6 Å². The first-order valence-corrected chi connectivity index (χ1v) is 10.9. The standard InChI is InChI=1S/C19H22ClFN2O4S/c1-4-18(19(24)22-13-6-11-17(21)16(20)12-13)23(28(3,25)26)14-7-9-15(10-8-14)27-5-2/h6-12,18H,4-5H2,1-3H3,(H,22,24)/t18-/m0/s1. The fraction of sp³-hybridized carbons (Fsp3) is 0.316. The Morgan fingerprint density at radius 1 is 1.21 bits per heavy atom. The zero-order chi connectivity index (χ0) is 20.9. The van der Waals surface area contributed by atoms with E-state index in [0.29, 0.717) is 18.0 Å². The van der Waals surface area contributed by atoms with Crippen LogP contribution in [0, 0.1) is 5.82 Å². The summed E-state index contributed by atoms with van der Waals surface area (Å²) < 4.78 is 44.6. The second kappa shape index (κ2) is 9.25. The van der Waals surface area contributed by atoms with Gasteiger partial charge >= 0.3 is 0 Å². The molecule has 1 N–H and O–H groups in total. The van der Waals surface area contributed by atoms with E-state index in [4.69, 9.17) is 16.3 Å². The maximum absolute atomic E-state index is 13.3. The van der Waals surface area contributed by atoms with Gasteiger partial charge in [-0.3, -0.25) is 9.10 Å². The minimum atomic E-state index is -3.76. The molecule has 0 fully saturated rings. The molecule has 1 amide bonds. The SMILES string of the molecule is CCOc1ccc(N([C@@H](CC)C(=O)Nc2ccc(F)c(Cl)c2)S(C)(=O)=O)cc1. The summed E-state index contributed by atoms with van der Waals surface area (Å²) in [5.74, 6) is -0.568. The van der Waals surface area contributed by atoms with Crippen molar-refractivity contribution in [3.8, 4) is 5.75 Å². The van der Waals surface area contributed by atoms with Gasteiger partial charge < -0.3 is 10.1 Å². The normalized spacial score (nSPS) is 12.3. The van der Waals surface area contributed by atoms with Crippen LogP contribution in [-0.4, -0.2) is 33.2 Å². The van der Waals surface area contributed by atoms with Gasteiger partial charge in [-0.05, 0) is 55.8 Å². The van der Waals surface area contributed by atoms with Crippen molar-refractivity contribution in [2.75, 3.05) is 22.5 Å². The third-order valence-corrected chi connectivity index (χ3v) is 5.39. The molecule has 0 heterocycles. The average molecular weight is 429 g/mol. The molecule has 0 unspecified atom stereocenters. The largest absolute Gasteiger partial charge is 0.494 e. The van der Waals surface area contributed by atoms with Crippen LogP contribution in [0.25, 0.3) is 0 Å². The number of anilines is 2. The van der Waals surface area contributed by atoms with Gasteiger partial charge in [0.15, 0.2) is 0 Å². The molecule has 0 saturated carbocycles. The van der Waals surface area contributed by atoms with E-state index in [-0.39, 0.29) is 17.1 Å². The summed E-state index contributed by atoms with van der Waals surface area (Å²) in [6.07, 6.45) is 1.26. The number of ether oxygens (including phenoxy) is 1. The molecule has 2 aromatic carbocycles. The summed E-state index contributed by atoms with van der Waals surface area (Å²) in [6.45, 7) is 4.03. The number of carbonyl (C=O) groups is 1. The summed E-state index contributed by atoms with van der Waals surface area (Å²) >= 11 is 5.74. The summed E-state index contributed by atoms with van der Waals surface area (Å²) in [6, 6.07) is 9.18. The maximum atomic E-state index is 13.3. The minimum absolute atomic E-state index is 0.141. The summed E-state index contributed by atoms with van der Waals surface area (Å²) in [7, 11) is -3.76. The Bertz CT molecular complexity index is 935. The van der Waals surface area contributed by atoms with Gasteiger partial charge in [0.25, 0.3) is 0 Å². The number of nitrogens with zero attached hydrogens (tertiary/aromatic N) is 1. The van der Waals surface area contributed by atoms with Crippen molar-refractivity contribution >= 4 is 38.9 Å². The number of rotatable bonds is 8. The van der Waals surface area contributed by atoms with E-state index in [1.54, 1.807) is 31.2 Å². The van der Waals surface area contributed by atoms with Gasteiger partial charge in [-0.2, -0.15) is 0 Å². The van der Waals surface area contributed by atoms with E-state index in [1.807, 2.05) is 6.92 Å². The molecule has 6 nitrogen and oxygen atoms in total. The third-order valence-electron chi connectivity index (χ3n) is 3.92. The van der Waals surface area contributed by atoms with Crippen LogP contribution in [0.3, 0.4) is 0 Å². The average Bonchev–Trinajstić information content (AvgIpc) is 2.62. The highest BCUT2D eigenvalue weighted by Gasteiger charge is 2.31. The highest BCUT2D eigenvalue weighted by molar-refractivity contribution is 7.92. The quantitative estimate of drug-likeness (QED) is 0.687. The Labute approximate surface area is 169 Å². The number of hydrogen-bond acceptors (Lipinski definition) is 4. The minimum Gasteiger partial charge on any atom is -0.494 e. The third kappa shape index (κ3) is 5.36. The fourth-order valence-corrected chi connectivity index (χ4v) is 4.11. The van der Waals surface area contributed by atoms with E-state index < -0.39 is 27.8 Å². The summed E-state index contributed by atoms with van der Waals surface area (Å²) in [4.78, 5) is 12.8. The van der Waals surface area contributed by atoms with Crippen LogP contribution in [0.1, 0.15) is 20.3 Å². The number of carbonyl (C=O) groups excluding carboxylic acids is 1. The molecule has 0 aliphatic rings. The van der Waals surface area contributed by atoms with Gasteiger partial charge in [-0.1, -0.05) is 18.5 Å². The van der Waals surface area contributed by atoms with Crippen LogP contribution in [0.15, 0.2) is 42.5 Å². The van der Waals surface area contributed by atoms with E-state index in [9.17, 15) is 17.6 Å². The van der Waals surface area contributed by atoms with E-state index in [0.717, 1.165) is 16.6 Å². The fourth-order valence-electron chi connectivity index (χ4n) is 2.72. The molecular weight excluding hydrogens is 407 g/mol. The summed E-state index contributed by atoms with van der Waals surface area (Å²) in [5, 5.41) is 2.45. The molecule has 9 heteroatoms. The van der Waals surface area contributed by atoms with Crippen LogP contribution in [0.5, 0.6) is 5.75 Å². The number of hydrogen-bond donors (Lipinski definition) is 1. The maximum Gasteiger partial charge on any atom is 0.248 e. The van der Waals surface area contributed by atoms with Crippen molar-refractivity contribution in [3.63, 3.8) is 0 Å². The Morgan fingerprint density at radius 2 is 1.86 bits per heavy atom. The lowest BCUT2D eigenvalue weighted by Gasteiger charge is -2.30. The van der Waals surface area contributed by atoms with Crippen LogP contribution in [0.4, 0.5) is 15.8 Å². The second-order valence-corrected chi connectivity index (χ2v) is 8.29. The highest BCUT2D eigenvalue weighted by atomic mass is 35.5. The lowest BCUT2D eigenvalue weighted by Crippen LogP contribution is -2.47. The Hall–Kier alpha value is -2.32. The van der Waals surface area contributed by atoms with E-state index in [1.165, 1.54) is 12.1 Å². The molecule has 0 aliphatic carbocycles. The zero-order valence-corrected chi connectivity index (χ0v) is 17.3. The van der Waals surface area contributed by atoms with Gasteiger partial charge in [-0.15, -0.1) is 0 Å². The van der Waals surface area contributed by atoms with E-state index >= 15 is 0 Å². The van der Waals surface area contributed by atoms with Gasteiger partial charge in [0.05, 0.1) is 23.6 Å². The molecule has 0 bridgehead atoms. The van der Waals surface area contributed by atoms with Crippen molar-refractivity contribution in [3.05, 3.63) is 53.3 Å². The predicted octanol–water partition coefficient (Wildman–Crippen LogP) is 4.06. The molecule has 28 heavy (non-hydrogen) atoms. The van der Waals surface area contributed by atoms with Crippen LogP contribution in [0.2, 0.25) is 5.02 Å². The van der Waals surface area contributed by atoms with Crippen molar-refractivity contribution in [1.29, 1.82) is 0 Å². The second-order valence-electron chi connectivity index (χ2n) is 6.03. The molecule has 0 spiro atoms. The molecular formula is C19H22ClFN2O4S. The van der Waals surface area contributed by atoms with Gasteiger partial charge in [0.2, 0.25) is 15.9 Å². The molecule has 0 radical (unpaired) electrons. The topological polar surface area (TPSA) is 75.7 Å². The first-order chi connectivity index (χ1) is 13.2. The number of sulfonamides is 1. The van der Waals surface area contributed by atoms with Crippen molar-refractivity contribution in [1.82, 2.24) is 0 Å². The predicted molar refractivity (Wildman–Crippen MR) is 109 cm³/mol. The molecule has 1 atom stereocenters. The van der Waals surface area contributed by atoms with E-state index in [2.05, 4.69) is 5.32 Å². The lowest BCUT2D eigenvalue weighted by atomic mass is 10.1.